The molecule has 0 radical (unpaired) electrons. The lowest BCUT2D eigenvalue weighted by molar-refractivity contribution is -0.136. The average Bonchev–Trinajstić information content (AvgIpc) is 2.81. The van der Waals surface area contributed by atoms with Crippen molar-refractivity contribution >= 4 is 17.7 Å². The molecule has 100 valence electrons. The number of hydrogen-bond acceptors (Lipinski definition) is 4. The quantitative estimate of drug-likeness (QED) is 0.879. The first kappa shape index (κ1) is 13.7. The number of rotatable bonds is 6. The van der Waals surface area contributed by atoms with Gasteiger partial charge >= 0.3 is 5.97 Å². The summed E-state index contributed by atoms with van der Waals surface area (Å²) in [4.78, 5) is 15.4. The maximum absolute atomic E-state index is 11.3. The largest absolute Gasteiger partial charge is 0.480 e. The summed E-state index contributed by atoms with van der Waals surface area (Å²) < 4.78 is 5.10. The molecule has 0 saturated carbocycles. The zero-order valence-electron chi connectivity index (χ0n) is 10.6. The number of aromatic nitrogens is 1. The lowest BCUT2D eigenvalue weighted by atomic mass is 10.1. The van der Waals surface area contributed by atoms with Gasteiger partial charge in [0.25, 0.3) is 0 Å². The van der Waals surface area contributed by atoms with Crippen molar-refractivity contribution in [3.63, 3.8) is 0 Å². The predicted octanol–water partition coefficient (Wildman–Crippen LogP) is 2.91. The second-order valence-corrected chi connectivity index (χ2v) is 5.37. The summed E-state index contributed by atoms with van der Waals surface area (Å²) in [6, 6.07) is 9.64. The van der Waals surface area contributed by atoms with Crippen LogP contribution in [-0.2, 0) is 17.0 Å². The van der Waals surface area contributed by atoms with Gasteiger partial charge in [-0.3, -0.25) is 4.79 Å². The van der Waals surface area contributed by atoms with Crippen LogP contribution >= 0.6 is 11.8 Å². The van der Waals surface area contributed by atoms with E-state index in [0.29, 0.717) is 12.2 Å². The topological polar surface area (TPSA) is 63.3 Å². The Morgan fingerprint density at radius 1 is 1.42 bits per heavy atom. The number of oxazole rings is 1. The van der Waals surface area contributed by atoms with Gasteiger partial charge in [-0.1, -0.05) is 30.3 Å². The van der Waals surface area contributed by atoms with Gasteiger partial charge in [-0.05, 0) is 18.9 Å². The molecule has 1 unspecified atom stereocenters. The van der Waals surface area contributed by atoms with Crippen LogP contribution < -0.4 is 0 Å². The van der Waals surface area contributed by atoms with Gasteiger partial charge in [0.1, 0.15) is 11.0 Å². The molecular formula is C14H15NO3S. The molecule has 2 rings (SSSR count). The molecule has 2 aromatic rings. The summed E-state index contributed by atoms with van der Waals surface area (Å²) in [5, 5.41) is 8.79. The van der Waals surface area contributed by atoms with Crippen LogP contribution in [0.15, 0.2) is 41.1 Å². The molecule has 1 N–H and O–H groups in total. The molecule has 0 aliphatic rings. The van der Waals surface area contributed by atoms with Crippen molar-refractivity contribution in [2.24, 2.45) is 0 Å². The SMILES string of the molecule is Cc1ocnc1CSC(Cc1ccccc1)C(=O)O. The molecule has 0 aliphatic carbocycles. The highest BCUT2D eigenvalue weighted by molar-refractivity contribution is 7.99. The highest BCUT2D eigenvalue weighted by Gasteiger charge is 2.19. The second-order valence-electron chi connectivity index (χ2n) is 4.18. The normalized spacial score (nSPS) is 12.3. The molecule has 0 amide bonds. The number of carbonyl (C=O) groups is 1. The van der Waals surface area contributed by atoms with Crippen LogP contribution in [0, 0.1) is 6.92 Å². The van der Waals surface area contributed by atoms with E-state index in [-0.39, 0.29) is 0 Å². The second kappa shape index (κ2) is 6.43. The molecule has 1 atom stereocenters. The summed E-state index contributed by atoms with van der Waals surface area (Å²) in [7, 11) is 0. The lowest BCUT2D eigenvalue weighted by Gasteiger charge is -2.11. The fourth-order valence-electron chi connectivity index (χ4n) is 1.69. The maximum Gasteiger partial charge on any atom is 0.316 e. The number of aryl methyl sites for hydroxylation is 1. The van der Waals surface area contributed by atoms with Gasteiger partial charge in [0.2, 0.25) is 0 Å². The number of thioether (sulfide) groups is 1. The standard InChI is InChI=1S/C14H15NO3S/c1-10-12(15-9-18-10)8-19-13(14(16)17)7-11-5-3-2-4-6-11/h2-6,9,13H,7-8H2,1H3,(H,16,17). The molecule has 5 heteroatoms. The Morgan fingerprint density at radius 3 is 2.74 bits per heavy atom. The summed E-state index contributed by atoms with van der Waals surface area (Å²) in [6.07, 6.45) is 1.90. The van der Waals surface area contributed by atoms with E-state index in [0.717, 1.165) is 17.0 Å². The van der Waals surface area contributed by atoms with Gasteiger partial charge in [-0.2, -0.15) is 0 Å². The molecule has 0 fully saturated rings. The van der Waals surface area contributed by atoms with Crippen LogP contribution in [0.4, 0.5) is 0 Å². The van der Waals surface area contributed by atoms with E-state index < -0.39 is 11.2 Å². The van der Waals surface area contributed by atoms with E-state index in [1.165, 1.54) is 18.2 Å². The molecule has 19 heavy (non-hydrogen) atoms. The monoisotopic (exact) mass is 277 g/mol. The number of benzene rings is 1. The van der Waals surface area contributed by atoms with Crippen LogP contribution in [0.5, 0.6) is 0 Å². The highest BCUT2D eigenvalue weighted by Crippen LogP contribution is 2.22. The Hall–Kier alpha value is -1.75. The van der Waals surface area contributed by atoms with E-state index in [4.69, 9.17) is 4.42 Å². The smallest absolute Gasteiger partial charge is 0.316 e. The molecule has 1 heterocycles. The van der Waals surface area contributed by atoms with E-state index in [9.17, 15) is 9.90 Å². The first-order chi connectivity index (χ1) is 9.16. The van der Waals surface area contributed by atoms with Crippen LogP contribution in [0.2, 0.25) is 0 Å². The van der Waals surface area contributed by atoms with E-state index >= 15 is 0 Å². The number of carboxylic acid groups (broad SMARTS) is 1. The summed E-state index contributed by atoms with van der Waals surface area (Å²) in [5.74, 6) is 0.498. The molecule has 0 aliphatic heterocycles. The zero-order chi connectivity index (χ0) is 13.7. The van der Waals surface area contributed by atoms with E-state index in [1.54, 1.807) is 0 Å². The fourth-order valence-corrected chi connectivity index (χ4v) is 2.78. The highest BCUT2D eigenvalue weighted by atomic mass is 32.2. The summed E-state index contributed by atoms with van der Waals surface area (Å²) in [5.41, 5.74) is 1.84. The minimum Gasteiger partial charge on any atom is -0.480 e. The van der Waals surface area contributed by atoms with Crippen LogP contribution in [0.25, 0.3) is 0 Å². The molecule has 0 bridgehead atoms. The number of aliphatic carboxylic acids is 1. The Bertz CT molecular complexity index is 539. The van der Waals surface area contributed by atoms with Crippen molar-refractivity contribution < 1.29 is 14.3 Å². The van der Waals surface area contributed by atoms with E-state index in [1.807, 2.05) is 37.3 Å². The predicted molar refractivity (Wildman–Crippen MR) is 74.1 cm³/mol. The molecular weight excluding hydrogens is 262 g/mol. The molecule has 1 aromatic carbocycles. The van der Waals surface area contributed by atoms with Gasteiger partial charge in [0, 0.05) is 5.75 Å². The van der Waals surface area contributed by atoms with Crippen LogP contribution in [0.1, 0.15) is 17.0 Å². The van der Waals surface area contributed by atoms with Gasteiger partial charge < -0.3 is 9.52 Å². The molecule has 0 saturated heterocycles. The first-order valence-corrected chi connectivity index (χ1v) is 6.99. The third-order valence-electron chi connectivity index (χ3n) is 2.81. The minimum atomic E-state index is -0.796. The van der Waals surface area contributed by atoms with Gasteiger partial charge in [0.05, 0.1) is 5.69 Å². The molecule has 4 nitrogen and oxygen atoms in total. The molecule has 1 aromatic heterocycles. The lowest BCUT2D eigenvalue weighted by Crippen LogP contribution is -2.19. The van der Waals surface area contributed by atoms with Crippen molar-refractivity contribution in [1.29, 1.82) is 0 Å². The van der Waals surface area contributed by atoms with Crippen molar-refractivity contribution in [1.82, 2.24) is 4.98 Å². The number of hydrogen-bond donors (Lipinski definition) is 1. The third kappa shape index (κ3) is 3.86. The van der Waals surface area contributed by atoms with Crippen LogP contribution in [-0.4, -0.2) is 21.3 Å². The summed E-state index contributed by atoms with van der Waals surface area (Å²) in [6.45, 7) is 1.83. The average molecular weight is 277 g/mol. The minimum absolute atomic E-state index is 0.474. The maximum atomic E-state index is 11.3. The zero-order valence-corrected chi connectivity index (χ0v) is 11.4. The Labute approximate surface area is 115 Å². The van der Waals surface area contributed by atoms with Crippen molar-refractivity contribution in [3.8, 4) is 0 Å². The van der Waals surface area contributed by atoms with Crippen molar-refractivity contribution in [2.45, 2.75) is 24.3 Å². The van der Waals surface area contributed by atoms with Gasteiger partial charge in [-0.25, -0.2) is 4.98 Å². The van der Waals surface area contributed by atoms with Gasteiger partial charge in [-0.15, -0.1) is 11.8 Å². The number of nitrogens with zero attached hydrogens (tertiary/aromatic N) is 1. The third-order valence-corrected chi connectivity index (χ3v) is 4.02. The Morgan fingerprint density at radius 2 is 2.16 bits per heavy atom. The first-order valence-electron chi connectivity index (χ1n) is 5.94. The summed E-state index contributed by atoms with van der Waals surface area (Å²) >= 11 is 1.37. The van der Waals surface area contributed by atoms with E-state index in [2.05, 4.69) is 4.98 Å². The fraction of sp³-hybridized carbons (Fsp3) is 0.286. The Kier molecular flexibility index (Phi) is 4.63. The number of carboxylic acids is 1. The van der Waals surface area contributed by atoms with Gasteiger partial charge in [0.15, 0.2) is 6.39 Å². The van der Waals surface area contributed by atoms with Crippen molar-refractivity contribution in [2.75, 3.05) is 0 Å². The Balaban J connectivity index is 1.97. The van der Waals surface area contributed by atoms with Crippen molar-refractivity contribution in [3.05, 3.63) is 53.7 Å². The molecule has 0 spiro atoms. The van der Waals surface area contributed by atoms with Crippen LogP contribution in [0.3, 0.4) is 0 Å².